The SMILES string of the molecule is Cc1ncsc1C(=O)NCc1cncc(-c2ccnn2C)c1. The van der Waals surface area contributed by atoms with Crippen molar-refractivity contribution < 1.29 is 4.79 Å². The van der Waals surface area contributed by atoms with Crippen LogP contribution in [0.25, 0.3) is 11.3 Å². The van der Waals surface area contributed by atoms with Crippen molar-refractivity contribution in [3.05, 3.63) is 52.4 Å². The summed E-state index contributed by atoms with van der Waals surface area (Å²) >= 11 is 1.35. The molecule has 1 N–H and O–H groups in total. The lowest BCUT2D eigenvalue weighted by Gasteiger charge is -2.07. The number of pyridine rings is 1. The monoisotopic (exact) mass is 313 g/mol. The number of aryl methyl sites for hydroxylation is 2. The van der Waals surface area contributed by atoms with Gasteiger partial charge in [0.1, 0.15) is 4.88 Å². The Labute approximate surface area is 131 Å². The van der Waals surface area contributed by atoms with Crippen LogP contribution in [0.2, 0.25) is 0 Å². The van der Waals surface area contributed by atoms with E-state index in [0.717, 1.165) is 22.5 Å². The molecule has 7 heteroatoms. The molecular formula is C15H15N5OS. The third-order valence-corrected chi connectivity index (χ3v) is 4.24. The van der Waals surface area contributed by atoms with E-state index >= 15 is 0 Å². The highest BCUT2D eigenvalue weighted by Crippen LogP contribution is 2.18. The van der Waals surface area contributed by atoms with Crippen molar-refractivity contribution in [2.45, 2.75) is 13.5 Å². The highest BCUT2D eigenvalue weighted by atomic mass is 32.1. The summed E-state index contributed by atoms with van der Waals surface area (Å²) < 4.78 is 1.79. The smallest absolute Gasteiger partial charge is 0.263 e. The van der Waals surface area contributed by atoms with Gasteiger partial charge in [0.05, 0.1) is 16.9 Å². The van der Waals surface area contributed by atoms with Gasteiger partial charge >= 0.3 is 0 Å². The fourth-order valence-corrected chi connectivity index (χ4v) is 2.88. The van der Waals surface area contributed by atoms with Gasteiger partial charge in [-0.1, -0.05) is 0 Å². The Kier molecular flexibility index (Phi) is 3.97. The molecule has 3 aromatic heterocycles. The second-order valence-electron chi connectivity index (χ2n) is 4.87. The van der Waals surface area contributed by atoms with Gasteiger partial charge in [0.15, 0.2) is 0 Å². The maximum Gasteiger partial charge on any atom is 0.263 e. The molecular weight excluding hydrogens is 298 g/mol. The molecule has 0 fully saturated rings. The van der Waals surface area contributed by atoms with Gasteiger partial charge in [-0.25, -0.2) is 4.98 Å². The number of carbonyl (C=O) groups is 1. The van der Waals surface area contributed by atoms with Crippen LogP contribution >= 0.6 is 11.3 Å². The molecule has 6 nitrogen and oxygen atoms in total. The average molecular weight is 313 g/mol. The van der Waals surface area contributed by atoms with Crippen LogP contribution in [-0.2, 0) is 13.6 Å². The van der Waals surface area contributed by atoms with E-state index in [9.17, 15) is 4.79 Å². The molecule has 0 aliphatic rings. The molecule has 3 aromatic rings. The Hall–Kier alpha value is -2.54. The van der Waals surface area contributed by atoms with Crippen LogP contribution in [0.5, 0.6) is 0 Å². The first-order chi connectivity index (χ1) is 10.6. The Morgan fingerprint density at radius 2 is 2.27 bits per heavy atom. The van der Waals surface area contributed by atoms with Crippen LogP contribution in [0.4, 0.5) is 0 Å². The summed E-state index contributed by atoms with van der Waals surface area (Å²) in [7, 11) is 1.89. The van der Waals surface area contributed by atoms with Crippen molar-refractivity contribution in [3.8, 4) is 11.3 Å². The number of nitrogens with zero attached hydrogens (tertiary/aromatic N) is 4. The second-order valence-corrected chi connectivity index (χ2v) is 5.73. The quantitative estimate of drug-likeness (QED) is 0.801. The molecule has 0 unspecified atom stereocenters. The Balaban J connectivity index is 1.73. The van der Waals surface area contributed by atoms with Crippen LogP contribution in [0, 0.1) is 6.92 Å². The van der Waals surface area contributed by atoms with Crippen LogP contribution in [-0.4, -0.2) is 25.7 Å². The number of amides is 1. The first-order valence-electron chi connectivity index (χ1n) is 6.75. The standard InChI is InChI=1S/C15H15N5OS/c1-10-14(22-9-18-10)15(21)17-7-11-5-12(8-16-6-11)13-3-4-19-20(13)2/h3-6,8-9H,7H2,1-2H3,(H,17,21). The van der Waals surface area contributed by atoms with Crippen LogP contribution < -0.4 is 5.32 Å². The van der Waals surface area contributed by atoms with Gasteiger partial charge in [-0.05, 0) is 24.6 Å². The van der Waals surface area contributed by atoms with Gasteiger partial charge in [0.25, 0.3) is 5.91 Å². The zero-order valence-corrected chi connectivity index (χ0v) is 13.1. The molecule has 0 bridgehead atoms. The molecule has 0 aliphatic carbocycles. The van der Waals surface area contributed by atoms with Gasteiger partial charge in [0.2, 0.25) is 0 Å². The molecule has 22 heavy (non-hydrogen) atoms. The lowest BCUT2D eigenvalue weighted by Crippen LogP contribution is -2.22. The molecule has 3 rings (SSSR count). The van der Waals surface area contributed by atoms with E-state index < -0.39 is 0 Å². The predicted molar refractivity (Wildman–Crippen MR) is 84.5 cm³/mol. The summed E-state index contributed by atoms with van der Waals surface area (Å²) in [5.41, 5.74) is 5.33. The minimum absolute atomic E-state index is 0.106. The first kappa shape index (κ1) is 14.4. The number of hydrogen-bond donors (Lipinski definition) is 1. The van der Waals surface area contributed by atoms with Gasteiger partial charge in [-0.3, -0.25) is 14.5 Å². The van der Waals surface area contributed by atoms with E-state index in [1.807, 2.05) is 26.1 Å². The van der Waals surface area contributed by atoms with Crippen molar-refractivity contribution in [1.82, 2.24) is 25.1 Å². The fraction of sp³-hybridized carbons (Fsp3) is 0.200. The minimum Gasteiger partial charge on any atom is -0.347 e. The Morgan fingerprint density at radius 3 is 2.95 bits per heavy atom. The molecule has 0 saturated heterocycles. The van der Waals surface area contributed by atoms with E-state index in [-0.39, 0.29) is 5.91 Å². The Morgan fingerprint density at radius 1 is 1.41 bits per heavy atom. The maximum absolute atomic E-state index is 12.1. The first-order valence-corrected chi connectivity index (χ1v) is 7.63. The van der Waals surface area contributed by atoms with E-state index in [2.05, 4.69) is 20.4 Å². The second kappa shape index (κ2) is 6.07. The molecule has 0 spiro atoms. The molecule has 112 valence electrons. The molecule has 0 atom stereocenters. The maximum atomic E-state index is 12.1. The number of carbonyl (C=O) groups excluding carboxylic acids is 1. The highest BCUT2D eigenvalue weighted by molar-refractivity contribution is 7.11. The van der Waals surface area contributed by atoms with Crippen LogP contribution in [0.3, 0.4) is 0 Å². The van der Waals surface area contributed by atoms with Gasteiger partial charge in [-0.2, -0.15) is 5.10 Å². The van der Waals surface area contributed by atoms with Crippen molar-refractivity contribution in [1.29, 1.82) is 0 Å². The third kappa shape index (κ3) is 2.89. The number of rotatable bonds is 4. The summed E-state index contributed by atoms with van der Waals surface area (Å²) in [5.74, 6) is -0.106. The number of hydrogen-bond acceptors (Lipinski definition) is 5. The molecule has 3 heterocycles. The topological polar surface area (TPSA) is 72.7 Å². The number of aromatic nitrogens is 4. The van der Waals surface area contributed by atoms with Crippen LogP contribution in [0.1, 0.15) is 20.9 Å². The van der Waals surface area contributed by atoms with Gasteiger partial charge in [-0.15, -0.1) is 11.3 Å². The van der Waals surface area contributed by atoms with Crippen molar-refractivity contribution in [2.24, 2.45) is 7.05 Å². The molecule has 0 aromatic carbocycles. The largest absolute Gasteiger partial charge is 0.347 e. The summed E-state index contributed by atoms with van der Waals surface area (Å²) in [5, 5.41) is 7.05. The molecule has 0 aliphatic heterocycles. The van der Waals surface area contributed by atoms with E-state index in [1.54, 1.807) is 28.8 Å². The minimum atomic E-state index is -0.106. The molecule has 0 radical (unpaired) electrons. The highest BCUT2D eigenvalue weighted by Gasteiger charge is 2.11. The zero-order chi connectivity index (χ0) is 15.5. The Bertz CT molecular complexity index is 808. The molecule has 1 amide bonds. The summed E-state index contributed by atoms with van der Waals surface area (Å²) in [6, 6.07) is 3.93. The van der Waals surface area contributed by atoms with Crippen molar-refractivity contribution in [2.75, 3.05) is 0 Å². The lowest BCUT2D eigenvalue weighted by atomic mass is 10.1. The predicted octanol–water partition coefficient (Wildman–Crippen LogP) is 2.18. The normalized spacial score (nSPS) is 10.6. The summed E-state index contributed by atoms with van der Waals surface area (Å²) in [4.78, 5) is 21.1. The summed E-state index contributed by atoms with van der Waals surface area (Å²) in [6.45, 7) is 2.25. The number of nitrogens with one attached hydrogen (secondary N) is 1. The lowest BCUT2D eigenvalue weighted by molar-refractivity contribution is 0.0954. The van der Waals surface area contributed by atoms with E-state index in [4.69, 9.17) is 0 Å². The van der Waals surface area contributed by atoms with Gasteiger partial charge in [0, 0.05) is 37.7 Å². The fourth-order valence-electron chi connectivity index (χ4n) is 2.16. The number of thiazole rings is 1. The van der Waals surface area contributed by atoms with Gasteiger partial charge < -0.3 is 5.32 Å². The molecule has 0 saturated carbocycles. The third-order valence-electron chi connectivity index (χ3n) is 3.32. The van der Waals surface area contributed by atoms with Crippen molar-refractivity contribution >= 4 is 17.2 Å². The summed E-state index contributed by atoms with van der Waals surface area (Å²) in [6.07, 6.45) is 5.28. The van der Waals surface area contributed by atoms with E-state index in [1.165, 1.54) is 11.3 Å². The van der Waals surface area contributed by atoms with E-state index in [0.29, 0.717) is 11.4 Å². The average Bonchev–Trinajstić information content (AvgIpc) is 3.13. The van der Waals surface area contributed by atoms with Crippen LogP contribution in [0.15, 0.2) is 36.2 Å². The van der Waals surface area contributed by atoms with Crippen molar-refractivity contribution in [3.63, 3.8) is 0 Å². The zero-order valence-electron chi connectivity index (χ0n) is 12.3.